The summed E-state index contributed by atoms with van der Waals surface area (Å²) >= 11 is 0. The molecule has 0 heterocycles. The van der Waals surface area contributed by atoms with Gasteiger partial charge in [-0.1, -0.05) is 74.0 Å². The SMILES string of the molecule is C[C@H]1C[C@@H]2[C@H]([C@@H](O[Si](C)(C)C(C)(C)C)C[C@@]3(C)[C@H]2CC[C@]3(O[Si](C)(C)C(C)(C)C)C(=O)CO)[C@@]2(C)C=CC(=O)C=C12. The van der Waals surface area contributed by atoms with Gasteiger partial charge in [-0.05, 0) is 97.8 Å². The molecule has 1 N–H and O–H groups in total. The lowest BCUT2D eigenvalue weighted by Crippen LogP contribution is -2.67. The minimum atomic E-state index is -2.37. The zero-order valence-corrected chi connectivity index (χ0v) is 30.2. The van der Waals surface area contributed by atoms with Crippen molar-refractivity contribution in [1.82, 2.24) is 0 Å². The Morgan fingerprint density at radius 3 is 2.17 bits per heavy atom. The van der Waals surface area contributed by atoms with Crippen molar-refractivity contribution in [3.63, 3.8) is 0 Å². The second kappa shape index (κ2) is 10.1. The molecule has 0 bridgehead atoms. The van der Waals surface area contributed by atoms with Crippen LogP contribution in [0.5, 0.6) is 0 Å². The zero-order valence-electron chi connectivity index (χ0n) is 28.2. The van der Waals surface area contributed by atoms with E-state index in [9.17, 15) is 14.7 Å². The summed E-state index contributed by atoms with van der Waals surface area (Å²) in [6, 6.07) is 0. The maximum atomic E-state index is 14.1. The molecule has 4 aliphatic carbocycles. The van der Waals surface area contributed by atoms with Gasteiger partial charge in [-0.15, -0.1) is 0 Å². The number of aliphatic hydroxyl groups excluding tert-OH is 1. The number of fused-ring (bicyclic) bond motifs is 5. The Labute approximate surface area is 252 Å². The van der Waals surface area contributed by atoms with Crippen molar-refractivity contribution >= 4 is 28.2 Å². The van der Waals surface area contributed by atoms with Crippen LogP contribution < -0.4 is 0 Å². The molecule has 0 aliphatic heterocycles. The van der Waals surface area contributed by atoms with Crippen LogP contribution in [0, 0.1) is 34.5 Å². The normalized spacial score (nSPS) is 39.6. The Morgan fingerprint density at radius 1 is 1.05 bits per heavy atom. The molecular weight excluding hydrogens is 545 g/mol. The van der Waals surface area contributed by atoms with E-state index in [0.717, 1.165) is 19.3 Å². The van der Waals surface area contributed by atoms with Crippen molar-refractivity contribution < 1.29 is 23.5 Å². The van der Waals surface area contributed by atoms with Gasteiger partial charge in [0.15, 0.2) is 28.2 Å². The molecule has 232 valence electrons. The van der Waals surface area contributed by atoms with Crippen LogP contribution in [0.2, 0.25) is 36.3 Å². The van der Waals surface area contributed by atoms with Crippen LogP contribution in [0.3, 0.4) is 0 Å². The van der Waals surface area contributed by atoms with Crippen LogP contribution in [0.4, 0.5) is 0 Å². The third-order valence-corrected chi connectivity index (χ3v) is 22.0. The molecule has 5 nitrogen and oxygen atoms in total. The minimum Gasteiger partial charge on any atom is -0.414 e. The average Bonchev–Trinajstić information content (AvgIpc) is 3.10. The van der Waals surface area contributed by atoms with Gasteiger partial charge >= 0.3 is 0 Å². The van der Waals surface area contributed by atoms with Gasteiger partial charge < -0.3 is 14.0 Å². The number of allylic oxidation sites excluding steroid dienone is 4. The summed E-state index contributed by atoms with van der Waals surface area (Å²) in [5.74, 6) is 1.02. The molecule has 0 aromatic rings. The molecule has 0 aromatic heterocycles. The van der Waals surface area contributed by atoms with Crippen molar-refractivity contribution in [2.75, 3.05) is 6.61 Å². The van der Waals surface area contributed by atoms with Crippen molar-refractivity contribution in [3.8, 4) is 0 Å². The van der Waals surface area contributed by atoms with E-state index in [1.165, 1.54) is 5.57 Å². The Kier molecular flexibility index (Phi) is 8.12. The second-order valence-corrected chi connectivity index (χ2v) is 26.9. The van der Waals surface area contributed by atoms with E-state index < -0.39 is 34.3 Å². The average molecular weight is 603 g/mol. The van der Waals surface area contributed by atoms with Crippen LogP contribution in [0.15, 0.2) is 23.8 Å². The lowest BCUT2D eigenvalue weighted by molar-refractivity contribution is -0.174. The number of hydrogen-bond donors (Lipinski definition) is 1. The highest BCUT2D eigenvalue weighted by molar-refractivity contribution is 6.74. The molecule has 0 saturated heterocycles. The second-order valence-electron chi connectivity index (χ2n) is 17.4. The summed E-state index contributed by atoms with van der Waals surface area (Å²) < 4.78 is 14.7. The molecule has 4 aliphatic rings. The fourth-order valence-electron chi connectivity index (χ4n) is 8.77. The maximum absolute atomic E-state index is 14.1. The van der Waals surface area contributed by atoms with Gasteiger partial charge in [-0.2, -0.15) is 0 Å². The van der Waals surface area contributed by atoms with Crippen molar-refractivity contribution in [1.29, 1.82) is 0 Å². The van der Waals surface area contributed by atoms with E-state index in [1.54, 1.807) is 6.08 Å². The number of carbonyl (C=O) groups excluding carboxylic acids is 2. The van der Waals surface area contributed by atoms with Gasteiger partial charge in [0, 0.05) is 16.9 Å². The monoisotopic (exact) mass is 602 g/mol. The fraction of sp³-hybridized carbons (Fsp3) is 0.824. The van der Waals surface area contributed by atoms with Crippen LogP contribution in [0.1, 0.15) is 88.0 Å². The van der Waals surface area contributed by atoms with Crippen molar-refractivity contribution in [2.24, 2.45) is 34.5 Å². The molecule has 0 radical (unpaired) electrons. The van der Waals surface area contributed by atoms with Crippen LogP contribution >= 0.6 is 0 Å². The highest BCUT2D eigenvalue weighted by Gasteiger charge is 2.71. The largest absolute Gasteiger partial charge is 0.414 e. The quantitative estimate of drug-likeness (QED) is 0.313. The lowest BCUT2D eigenvalue weighted by Gasteiger charge is -2.63. The molecule has 0 unspecified atom stereocenters. The van der Waals surface area contributed by atoms with Gasteiger partial charge in [-0.25, -0.2) is 0 Å². The maximum Gasteiger partial charge on any atom is 0.193 e. The standard InChI is InChI=1S/C34H58O5Si2/c1-22-18-24-25-15-17-34(28(37)21-35,39-41(12,13)31(5,6)7)33(25,9)20-27(38-40(10,11)30(2,3)4)29(24)32(8)16-14-23(36)19-26(22)32/h14,16,19,22,24-25,27,29,35H,15,17-18,20-21H2,1-13H3/t22-,24-,25-,27-,29+,32-,33-,34-/m0/s1. The topological polar surface area (TPSA) is 72.8 Å². The van der Waals surface area contributed by atoms with Gasteiger partial charge in [0.2, 0.25) is 0 Å². The number of Topliss-reactive ketones (excluding diaryl/α,β-unsaturated/α-hetero) is 1. The van der Waals surface area contributed by atoms with Crippen molar-refractivity contribution in [2.45, 2.75) is 136 Å². The van der Waals surface area contributed by atoms with Gasteiger partial charge in [0.1, 0.15) is 12.2 Å². The van der Waals surface area contributed by atoms with E-state index in [4.69, 9.17) is 8.85 Å². The molecule has 0 spiro atoms. The number of rotatable bonds is 6. The van der Waals surface area contributed by atoms with Gasteiger partial charge in [-0.3, -0.25) is 9.59 Å². The van der Waals surface area contributed by atoms with Crippen LogP contribution in [0.25, 0.3) is 0 Å². The number of hydrogen-bond acceptors (Lipinski definition) is 5. The Bertz CT molecular complexity index is 1140. The Morgan fingerprint density at radius 2 is 1.63 bits per heavy atom. The Balaban J connectivity index is 1.91. The predicted octanol–water partition coefficient (Wildman–Crippen LogP) is 7.86. The summed E-state index contributed by atoms with van der Waals surface area (Å²) in [6.07, 6.45) is 9.04. The van der Waals surface area contributed by atoms with Gasteiger partial charge in [0.25, 0.3) is 0 Å². The number of carbonyl (C=O) groups is 2. The summed E-state index contributed by atoms with van der Waals surface area (Å²) in [5, 5.41) is 10.4. The molecule has 7 heteroatoms. The lowest BCUT2D eigenvalue weighted by atomic mass is 9.45. The Hall–Kier alpha value is -0.866. The summed E-state index contributed by atoms with van der Waals surface area (Å²) in [7, 11) is -4.57. The van der Waals surface area contributed by atoms with E-state index >= 15 is 0 Å². The third-order valence-electron chi connectivity index (χ3n) is 13.0. The van der Waals surface area contributed by atoms with E-state index in [-0.39, 0.29) is 50.9 Å². The molecule has 3 fully saturated rings. The molecule has 4 rings (SSSR count). The third kappa shape index (κ3) is 4.98. The molecule has 0 aromatic carbocycles. The summed E-state index contributed by atoms with van der Waals surface area (Å²) in [5.41, 5.74) is -0.500. The number of ketones is 2. The minimum absolute atomic E-state index is 0.0332. The zero-order chi connectivity index (χ0) is 31.2. The van der Waals surface area contributed by atoms with Crippen LogP contribution in [-0.2, 0) is 18.4 Å². The molecule has 0 amide bonds. The molecule has 3 saturated carbocycles. The van der Waals surface area contributed by atoms with Gasteiger partial charge in [0.05, 0.1) is 0 Å². The molecule has 41 heavy (non-hydrogen) atoms. The molecule has 8 atom stereocenters. The van der Waals surface area contributed by atoms with E-state index in [2.05, 4.69) is 94.6 Å². The first-order valence-corrected chi connectivity index (χ1v) is 21.8. The van der Waals surface area contributed by atoms with Crippen LogP contribution in [-0.4, -0.2) is 51.6 Å². The fourth-order valence-corrected chi connectivity index (χ4v) is 11.7. The first kappa shape index (κ1) is 33.0. The van der Waals surface area contributed by atoms with E-state index in [1.807, 2.05) is 6.08 Å². The smallest absolute Gasteiger partial charge is 0.193 e. The highest BCUT2D eigenvalue weighted by atomic mass is 28.4. The molecular formula is C34H58O5Si2. The summed E-state index contributed by atoms with van der Waals surface area (Å²) in [4.78, 5) is 26.6. The van der Waals surface area contributed by atoms with E-state index in [0.29, 0.717) is 12.3 Å². The van der Waals surface area contributed by atoms with Crippen molar-refractivity contribution in [3.05, 3.63) is 23.8 Å². The summed E-state index contributed by atoms with van der Waals surface area (Å²) in [6.45, 7) is 29.0. The first-order valence-electron chi connectivity index (χ1n) is 15.9. The highest BCUT2D eigenvalue weighted by Crippen LogP contribution is 2.70. The number of aliphatic hydroxyl groups is 1. The first-order chi connectivity index (χ1) is 18.5. The predicted molar refractivity (Wildman–Crippen MR) is 172 cm³/mol.